The summed E-state index contributed by atoms with van der Waals surface area (Å²) < 4.78 is 7.24. The Morgan fingerprint density at radius 2 is 2.18 bits per heavy atom. The first-order valence-electron chi connectivity index (χ1n) is 9.21. The average molecular weight is 379 g/mol. The number of carbonyl (C=O) groups excluding carboxylic acids is 2. The molecule has 0 aliphatic carbocycles. The maximum atomic E-state index is 12.6. The van der Waals surface area contributed by atoms with E-state index in [2.05, 4.69) is 21.7 Å². The molecule has 0 saturated heterocycles. The van der Waals surface area contributed by atoms with E-state index >= 15 is 0 Å². The van der Waals surface area contributed by atoms with Gasteiger partial charge in [-0.1, -0.05) is 17.4 Å². The second kappa shape index (κ2) is 7.67. The molecule has 4 rings (SSSR count). The fraction of sp³-hybridized carbons (Fsp3) is 0.300. The molecule has 8 nitrogen and oxygen atoms in total. The Kier molecular flexibility index (Phi) is 4.92. The lowest BCUT2D eigenvalue weighted by atomic mass is 9.99. The summed E-state index contributed by atoms with van der Waals surface area (Å²) in [7, 11) is 1.57. The van der Waals surface area contributed by atoms with Gasteiger partial charge in [0.2, 0.25) is 5.91 Å². The van der Waals surface area contributed by atoms with Gasteiger partial charge in [-0.3, -0.25) is 14.3 Å². The van der Waals surface area contributed by atoms with Gasteiger partial charge in [0, 0.05) is 38.1 Å². The molecule has 0 radical (unpaired) electrons. The van der Waals surface area contributed by atoms with Crippen molar-refractivity contribution in [2.24, 2.45) is 0 Å². The van der Waals surface area contributed by atoms with Crippen molar-refractivity contribution in [2.45, 2.75) is 19.4 Å². The number of nitrogens with one attached hydrogen (secondary N) is 1. The molecule has 3 aromatic rings. The number of fused-ring (bicyclic) bond motifs is 1. The maximum absolute atomic E-state index is 12.6. The van der Waals surface area contributed by atoms with Crippen molar-refractivity contribution >= 4 is 28.4 Å². The lowest BCUT2D eigenvalue weighted by Gasteiger charge is -2.27. The highest BCUT2D eigenvalue weighted by molar-refractivity contribution is 5.96. The minimum atomic E-state index is -0.251. The molecule has 0 spiro atoms. The highest BCUT2D eigenvalue weighted by atomic mass is 16.3. The summed E-state index contributed by atoms with van der Waals surface area (Å²) in [5.41, 5.74) is 2.80. The number of aromatic nitrogens is 3. The van der Waals surface area contributed by atoms with Crippen molar-refractivity contribution in [1.29, 1.82) is 0 Å². The number of hydrogen-bond acceptors (Lipinski definition) is 5. The molecular formula is C20H21N5O3. The number of aryl methyl sites for hydroxylation is 1. The van der Waals surface area contributed by atoms with E-state index in [1.807, 2.05) is 23.1 Å². The number of benzene rings is 1. The Morgan fingerprint density at radius 1 is 1.29 bits per heavy atom. The van der Waals surface area contributed by atoms with Crippen molar-refractivity contribution in [3.63, 3.8) is 0 Å². The van der Waals surface area contributed by atoms with Crippen LogP contribution in [0.2, 0.25) is 0 Å². The molecular weight excluding hydrogens is 358 g/mol. The van der Waals surface area contributed by atoms with E-state index in [4.69, 9.17) is 4.42 Å². The third kappa shape index (κ3) is 3.66. The Labute approximate surface area is 161 Å². The Bertz CT molecular complexity index is 1040. The molecule has 0 fully saturated rings. The minimum absolute atomic E-state index is 0.104. The fourth-order valence-electron chi connectivity index (χ4n) is 3.36. The number of furan rings is 1. The van der Waals surface area contributed by atoms with Gasteiger partial charge in [0.1, 0.15) is 5.58 Å². The summed E-state index contributed by atoms with van der Waals surface area (Å²) >= 11 is 0. The molecule has 3 heterocycles. The van der Waals surface area contributed by atoms with Gasteiger partial charge in [-0.15, -0.1) is 5.10 Å². The molecule has 2 aromatic heterocycles. The predicted octanol–water partition coefficient (Wildman–Crippen LogP) is 2.09. The standard InChI is InChI=1S/C20H21N5O3/c1-21-20(27)18-12-16-11-14(4-5-17(16)28-18)15-3-2-8-24(13-15)19(26)6-9-25-10-7-22-23-25/h3-5,7,10-12H,2,6,8-9,13H2,1H3,(H,21,27). The van der Waals surface area contributed by atoms with E-state index in [-0.39, 0.29) is 17.6 Å². The van der Waals surface area contributed by atoms with Crippen molar-refractivity contribution in [2.75, 3.05) is 20.1 Å². The van der Waals surface area contributed by atoms with Crippen molar-refractivity contribution in [3.05, 3.63) is 54.1 Å². The van der Waals surface area contributed by atoms with Crippen LogP contribution in [0.3, 0.4) is 0 Å². The van der Waals surface area contributed by atoms with Crippen LogP contribution < -0.4 is 5.32 Å². The summed E-state index contributed by atoms with van der Waals surface area (Å²) in [5, 5.41) is 11.1. The van der Waals surface area contributed by atoms with Gasteiger partial charge in [-0.05, 0) is 35.8 Å². The maximum Gasteiger partial charge on any atom is 0.286 e. The smallest absolute Gasteiger partial charge is 0.286 e. The van der Waals surface area contributed by atoms with Gasteiger partial charge in [0.15, 0.2) is 5.76 Å². The number of rotatable bonds is 5. The summed E-state index contributed by atoms with van der Waals surface area (Å²) in [6.07, 6.45) is 6.74. The topological polar surface area (TPSA) is 93.3 Å². The Hall–Kier alpha value is -3.42. The highest BCUT2D eigenvalue weighted by Gasteiger charge is 2.20. The molecule has 1 aliphatic heterocycles. The second-order valence-electron chi connectivity index (χ2n) is 6.69. The largest absolute Gasteiger partial charge is 0.451 e. The van der Waals surface area contributed by atoms with Gasteiger partial charge < -0.3 is 14.6 Å². The van der Waals surface area contributed by atoms with Crippen molar-refractivity contribution < 1.29 is 14.0 Å². The van der Waals surface area contributed by atoms with Crippen molar-refractivity contribution in [3.8, 4) is 0 Å². The molecule has 1 N–H and O–H groups in total. The van der Waals surface area contributed by atoms with Crippen LogP contribution >= 0.6 is 0 Å². The third-order valence-electron chi connectivity index (χ3n) is 4.87. The van der Waals surface area contributed by atoms with Crippen molar-refractivity contribution in [1.82, 2.24) is 25.2 Å². The lowest BCUT2D eigenvalue weighted by Crippen LogP contribution is -2.35. The van der Waals surface area contributed by atoms with Crippen LogP contribution in [-0.2, 0) is 11.3 Å². The monoisotopic (exact) mass is 379 g/mol. The molecule has 1 aromatic carbocycles. The number of carbonyl (C=O) groups is 2. The Balaban J connectivity index is 1.47. The second-order valence-corrected chi connectivity index (χ2v) is 6.69. The number of hydrogen-bond donors (Lipinski definition) is 1. The van der Waals surface area contributed by atoms with E-state index in [0.717, 1.165) is 22.9 Å². The first-order valence-corrected chi connectivity index (χ1v) is 9.21. The summed E-state index contributed by atoms with van der Waals surface area (Å²) in [6.45, 7) is 1.81. The molecule has 144 valence electrons. The van der Waals surface area contributed by atoms with E-state index < -0.39 is 0 Å². The molecule has 0 unspecified atom stereocenters. The molecule has 0 atom stereocenters. The van der Waals surface area contributed by atoms with Crippen LogP contribution in [0.15, 0.2) is 47.2 Å². The molecule has 0 bridgehead atoms. The number of nitrogens with zero attached hydrogens (tertiary/aromatic N) is 4. The van der Waals surface area contributed by atoms with Crippen LogP contribution in [0, 0.1) is 0 Å². The average Bonchev–Trinajstić information content (AvgIpc) is 3.40. The van der Waals surface area contributed by atoms with Crippen LogP contribution in [-0.4, -0.2) is 51.8 Å². The molecule has 8 heteroatoms. The zero-order valence-corrected chi connectivity index (χ0v) is 15.6. The van der Waals surface area contributed by atoms with Crippen LogP contribution in [0.1, 0.15) is 29.0 Å². The molecule has 1 aliphatic rings. The first-order chi connectivity index (χ1) is 13.6. The van der Waals surface area contributed by atoms with Crippen LogP contribution in [0.25, 0.3) is 16.5 Å². The molecule has 28 heavy (non-hydrogen) atoms. The quantitative estimate of drug-likeness (QED) is 0.733. The molecule has 2 amide bonds. The zero-order valence-electron chi connectivity index (χ0n) is 15.6. The fourth-order valence-corrected chi connectivity index (χ4v) is 3.36. The van der Waals surface area contributed by atoms with Gasteiger partial charge in [0.25, 0.3) is 5.91 Å². The lowest BCUT2D eigenvalue weighted by molar-refractivity contribution is -0.131. The SMILES string of the molecule is CNC(=O)c1cc2cc(C3=CCCN(C(=O)CCn4ccnn4)C3)ccc2o1. The normalized spacial score (nSPS) is 14.2. The third-order valence-corrected chi connectivity index (χ3v) is 4.87. The Morgan fingerprint density at radius 3 is 2.96 bits per heavy atom. The van der Waals surface area contributed by atoms with Gasteiger partial charge in [-0.25, -0.2) is 0 Å². The number of amides is 2. The summed E-state index contributed by atoms with van der Waals surface area (Å²) in [4.78, 5) is 26.2. The van der Waals surface area contributed by atoms with E-state index in [0.29, 0.717) is 31.6 Å². The van der Waals surface area contributed by atoms with Crippen LogP contribution in [0.5, 0.6) is 0 Å². The van der Waals surface area contributed by atoms with Gasteiger partial charge >= 0.3 is 0 Å². The van der Waals surface area contributed by atoms with E-state index in [1.165, 1.54) is 0 Å². The summed E-state index contributed by atoms with van der Waals surface area (Å²) in [6, 6.07) is 7.57. The molecule has 0 saturated carbocycles. The van der Waals surface area contributed by atoms with Crippen LogP contribution in [0.4, 0.5) is 0 Å². The zero-order chi connectivity index (χ0) is 19.5. The summed E-state index contributed by atoms with van der Waals surface area (Å²) in [5.74, 6) is 0.142. The highest BCUT2D eigenvalue weighted by Crippen LogP contribution is 2.27. The van der Waals surface area contributed by atoms with Gasteiger partial charge in [0.05, 0.1) is 12.7 Å². The van der Waals surface area contributed by atoms with E-state index in [9.17, 15) is 9.59 Å². The van der Waals surface area contributed by atoms with Gasteiger partial charge in [-0.2, -0.15) is 0 Å². The predicted molar refractivity (Wildman–Crippen MR) is 103 cm³/mol. The van der Waals surface area contributed by atoms with E-state index in [1.54, 1.807) is 30.2 Å². The first kappa shape index (κ1) is 18.0. The minimum Gasteiger partial charge on any atom is -0.451 e.